The predicted molar refractivity (Wildman–Crippen MR) is 82.6 cm³/mol. The molecule has 0 spiro atoms. The van der Waals surface area contributed by atoms with E-state index in [0.29, 0.717) is 37.3 Å². The third-order valence-electron chi connectivity index (χ3n) is 3.46. The topological polar surface area (TPSA) is 70.8 Å². The van der Waals surface area contributed by atoms with Crippen LogP contribution in [0.4, 0.5) is 0 Å². The molecule has 1 amide bonds. The van der Waals surface area contributed by atoms with Crippen LogP contribution in [0.3, 0.4) is 0 Å². The van der Waals surface area contributed by atoms with Crippen molar-refractivity contribution in [2.24, 2.45) is 0 Å². The quantitative estimate of drug-likeness (QED) is 0.784. The number of hydrogen-bond acceptors (Lipinski definition) is 4. The number of unbranched alkanes of at least 4 members (excludes halogenated alkanes) is 1. The summed E-state index contributed by atoms with van der Waals surface area (Å²) in [6, 6.07) is 3.27. The number of hydrogen-bond donors (Lipinski definition) is 0. The van der Waals surface area contributed by atoms with E-state index in [2.05, 4.69) is 15.9 Å². The molecule has 1 aromatic heterocycles. The molecule has 1 aliphatic heterocycles. The molecule has 1 aromatic rings. The van der Waals surface area contributed by atoms with Crippen molar-refractivity contribution >= 4 is 31.9 Å². The van der Waals surface area contributed by atoms with Gasteiger partial charge in [0.2, 0.25) is 10.0 Å². The fourth-order valence-electron chi connectivity index (χ4n) is 2.21. The van der Waals surface area contributed by atoms with Crippen LogP contribution >= 0.6 is 15.9 Å². The molecular weight excluding hydrogens is 360 g/mol. The Kier molecular flexibility index (Phi) is 5.45. The first-order chi connectivity index (χ1) is 9.94. The van der Waals surface area contributed by atoms with Gasteiger partial charge in [-0.15, -0.1) is 0 Å². The van der Waals surface area contributed by atoms with Gasteiger partial charge in [-0.1, -0.05) is 13.3 Å². The van der Waals surface area contributed by atoms with E-state index in [1.807, 2.05) is 6.92 Å². The van der Waals surface area contributed by atoms with Gasteiger partial charge < -0.3 is 9.32 Å². The van der Waals surface area contributed by atoms with Crippen LogP contribution in [0.5, 0.6) is 0 Å². The molecule has 118 valence electrons. The van der Waals surface area contributed by atoms with Crippen LogP contribution < -0.4 is 0 Å². The summed E-state index contributed by atoms with van der Waals surface area (Å²) in [4.78, 5) is 13.8. The monoisotopic (exact) mass is 378 g/mol. The van der Waals surface area contributed by atoms with Gasteiger partial charge in [-0.05, 0) is 34.5 Å². The highest BCUT2D eigenvalue weighted by molar-refractivity contribution is 9.10. The zero-order valence-corrected chi connectivity index (χ0v) is 14.3. The van der Waals surface area contributed by atoms with Gasteiger partial charge in [0.05, 0.1) is 5.75 Å². The molecule has 2 rings (SSSR count). The molecule has 0 saturated carbocycles. The van der Waals surface area contributed by atoms with Gasteiger partial charge in [0.1, 0.15) is 0 Å². The van der Waals surface area contributed by atoms with Gasteiger partial charge in [-0.3, -0.25) is 4.79 Å². The largest absolute Gasteiger partial charge is 0.444 e. The van der Waals surface area contributed by atoms with E-state index in [9.17, 15) is 13.2 Å². The first-order valence-electron chi connectivity index (χ1n) is 6.96. The van der Waals surface area contributed by atoms with Crippen LogP contribution in [0.25, 0.3) is 0 Å². The average molecular weight is 379 g/mol. The minimum Gasteiger partial charge on any atom is -0.444 e. The molecule has 1 fully saturated rings. The molecule has 0 atom stereocenters. The third kappa shape index (κ3) is 4.08. The van der Waals surface area contributed by atoms with E-state index in [-0.39, 0.29) is 17.4 Å². The van der Waals surface area contributed by atoms with E-state index in [1.54, 1.807) is 17.0 Å². The first-order valence-corrected chi connectivity index (χ1v) is 9.36. The van der Waals surface area contributed by atoms with Crippen molar-refractivity contribution in [2.45, 2.75) is 19.8 Å². The second-order valence-corrected chi connectivity index (χ2v) is 7.83. The van der Waals surface area contributed by atoms with Crippen molar-refractivity contribution in [1.29, 1.82) is 0 Å². The fraction of sp³-hybridized carbons (Fsp3) is 0.615. The predicted octanol–water partition coefficient (Wildman–Crippen LogP) is 1.93. The zero-order valence-electron chi connectivity index (χ0n) is 11.9. The molecule has 21 heavy (non-hydrogen) atoms. The van der Waals surface area contributed by atoms with E-state index < -0.39 is 10.0 Å². The molecule has 0 aromatic carbocycles. The maximum atomic E-state index is 12.2. The lowest BCUT2D eigenvalue weighted by Gasteiger charge is -2.33. The van der Waals surface area contributed by atoms with Crippen LogP contribution in [0.2, 0.25) is 0 Å². The van der Waals surface area contributed by atoms with Crippen LogP contribution in [0.15, 0.2) is 21.2 Å². The minimum atomic E-state index is -3.19. The molecule has 8 heteroatoms. The molecule has 6 nitrogen and oxygen atoms in total. The normalized spacial score (nSPS) is 17.1. The molecule has 1 saturated heterocycles. The fourth-order valence-corrected chi connectivity index (χ4v) is 4.15. The Balaban J connectivity index is 1.93. The Morgan fingerprint density at radius 2 is 1.95 bits per heavy atom. The van der Waals surface area contributed by atoms with Crippen LogP contribution in [-0.4, -0.2) is 55.5 Å². The molecule has 0 bridgehead atoms. The summed E-state index contributed by atoms with van der Waals surface area (Å²) in [5.41, 5.74) is 0. The van der Waals surface area contributed by atoms with E-state index in [4.69, 9.17) is 4.42 Å². The van der Waals surface area contributed by atoms with Gasteiger partial charge in [-0.2, -0.15) is 4.31 Å². The van der Waals surface area contributed by atoms with Gasteiger partial charge in [0, 0.05) is 26.2 Å². The number of furan rings is 1. The lowest BCUT2D eigenvalue weighted by Crippen LogP contribution is -2.51. The standard InChI is InChI=1S/C13H19BrN2O4S/c1-2-3-10-21(18,19)16-8-6-15(7-9-16)13(17)11-4-5-12(14)20-11/h4-5H,2-3,6-10H2,1H3. The van der Waals surface area contributed by atoms with Crippen LogP contribution in [0.1, 0.15) is 30.3 Å². The van der Waals surface area contributed by atoms with E-state index in [1.165, 1.54) is 4.31 Å². The maximum Gasteiger partial charge on any atom is 0.289 e. The summed E-state index contributed by atoms with van der Waals surface area (Å²) in [5, 5.41) is 0. The molecule has 1 aliphatic rings. The zero-order chi connectivity index (χ0) is 15.5. The smallest absolute Gasteiger partial charge is 0.289 e. The maximum absolute atomic E-state index is 12.2. The molecule has 0 unspecified atom stereocenters. The number of carbonyl (C=O) groups is 1. The van der Waals surface area contributed by atoms with Gasteiger partial charge >= 0.3 is 0 Å². The van der Waals surface area contributed by atoms with Crippen LogP contribution in [-0.2, 0) is 10.0 Å². The van der Waals surface area contributed by atoms with Crippen molar-refractivity contribution in [2.75, 3.05) is 31.9 Å². The summed E-state index contributed by atoms with van der Waals surface area (Å²) in [6.45, 7) is 3.44. The van der Waals surface area contributed by atoms with E-state index >= 15 is 0 Å². The van der Waals surface area contributed by atoms with Crippen molar-refractivity contribution < 1.29 is 17.6 Å². The lowest BCUT2D eigenvalue weighted by molar-refractivity contribution is 0.0664. The Labute approximate surface area is 133 Å². The number of piperazine rings is 1. The Hall–Kier alpha value is -0.860. The number of sulfonamides is 1. The Morgan fingerprint density at radius 1 is 1.29 bits per heavy atom. The summed E-state index contributed by atoms with van der Waals surface area (Å²) in [6.07, 6.45) is 1.52. The number of carbonyl (C=O) groups excluding carboxylic acids is 1. The van der Waals surface area contributed by atoms with Crippen molar-refractivity contribution in [3.63, 3.8) is 0 Å². The SMILES string of the molecule is CCCCS(=O)(=O)N1CCN(C(=O)c2ccc(Br)o2)CC1. The molecule has 0 radical (unpaired) electrons. The Bertz CT molecular complexity index is 591. The first kappa shape index (κ1) is 16.5. The van der Waals surface area contributed by atoms with E-state index in [0.717, 1.165) is 6.42 Å². The number of halogens is 1. The van der Waals surface area contributed by atoms with Crippen LogP contribution in [0, 0.1) is 0 Å². The molecule has 0 aliphatic carbocycles. The van der Waals surface area contributed by atoms with Gasteiger partial charge in [0.15, 0.2) is 10.4 Å². The summed E-state index contributed by atoms with van der Waals surface area (Å²) < 4.78 is 31.4. The van der Waals surface area contributed by atoms with Gasteiger partial charge in [-0.25, -0.2) is 8.42 Å². The summed E-state index contributed by atoms with van der Waals surface area (Å²) >= 11 is 3.16. The van der Waals surface area contributed by atoms with Crippen molar-refractivity contribution in [1.82, 2.24) is 9.21 Å². The van der Waals surface area contributed by atoms with Crippen molar-refractivity contribution in [3.8, 4) is 0 Å². The van der Waals surface area contributed by atoms with Gasteiger partial charge in [0.25, 0.3) is 5.91 Å². The van der Waals surface area contributed by atoms with Crippen molar-refractivity contribution in [3.05, 3.63) is 22.6 Å². The highest BCUT2D eigenvalue weighted by atomic mass is 79.9. The highest BCUT2D eigenvalue weighted by Crippen LogP contribution is 2.17. The third-order valence-corrected chi connectivity index (χ3v) is 5.84. The second kappa shape index (κ2) is 6.93. The summed E-state index contributed by atoms with van der Waals surface area (Å²) in [5.74, 6) is 0.248. The average Bonchev–Trinajstić information content (AvgIpc) is 2.91. The number of rotatable bonds is 5. The Morgan fingerprint density at radius 3 is 2.48 bits per heavy atom. The minimum absolute atomic E-state index is 0.183. The lowest BCUT2D eigenvalue weighted by atomic mass is 10.3. The number of nitrogens with zero attached hydrogens (tertiary/aromatic N) is 2. The highest BCUT2D eigenvalue weighted by Gasteiger charge is 2.29. The second-order valence-electron chi connectivity index (χ2n) is 4.96. The summed E-state index contributed by atoms with van der Waals surface area (Å²) in [7, 11) is -3.19. The molecule has 0 N–H and O–H groups in total. The number of amides is 1. The molecular formula is C13H19BrN2O4S. The molecule has 2 heterocycles.